The van der Waals surface area contributed by atoms with Gasteiger partial charge in [-0.05, 0) is 43.0 Å². The zero-order valence-corrected chi connectivity index (χ0v) is 10.9. The molecular formula is C13H18F3NS. The Hall–Kier alpha value is -0.550. The highest BCUT2D eigenvalue weighted by Gasteiger charge is 2.43. The van der Waals surface area contributed by atoms with Gasteiger partial charge in [0.15, 0.2) is 0 Å². The van der Waals surface area contributed by atoms with E-state index >= 15 is 0 Å². The molecule has 1 aliphatic rings. The summed E-state index contributed by atoms with van der Waals surface area (Å²) >= 11 is 1.62. The van der Waals surface area contributed by atoms with Gasteiger partial charge in [-0.1, -0.05) is 12.5 Å². The Bertz CT molecular complexity index is 361. The fourth-order valence-electron chi connectivity index (χ4n) is 2.74. The molecule has 0 saturated heterocycles. The van der Waals surface area contributed by atoms with Crippen LogP contribution in [-0.4, -0.2) is 12.2 Å². The van der Waals surface area contributed by atoms with Gasteiger partial charge in [0.25, 0.3) is 0 Å². The molecule has 18 heavy (non-hydrogen) atoms. The number of hydrogen-bond acceptors (Lipinski definition) is 2. The first-order valence-electron chi connectivity index (χ1n) is 6.31. The molecule has 0 bridgehead atoms. The number of alkyl halides is 3. The molecule has 0 aliphatic heterocycles. The second-order valence-electron chi connectivity index (χ2n) is 5.11. The summed E-state index contributed by atoms with van der Waals surface area (Å²) in [6.45, 7) is 0. The minimum Gasteiger partial charge on any atom is -0.327 e. The zero-order chi connectivity index (χ0) is 13.2. The second-order valence-corrected chi connectivity index (χ2v) is 6.14. The molecule has 1 saturated carbocycles. The van der Waals surface area contributed by atoms with E-state index in [1.807, 2.05) is 17.5 Å². The summed E-state index contributed by atoms with van der Waals surface area (Å²) in [5, 5.41) is 1.97. The summed E-state index contributed by atoms with van der Waals surface area (Å²) in [5.41, 5.74) is 6.08. The van der Waals surface area contributed by atoms with Crippen molar-refractivity contribution in [1.29, 1.82) is 0 Å². The molecule has 1 heterocycles. The smallest absolute Gasteiger partial charge is 0.327 e. The van der Waals surface area contributed by atoms with E-state index in [9.17, 15) is 13.2 Å². The van der Waals surface area contributed by atoms with E-state index in [-0.39, 0.29) is 24.8 Å². The molecule has 0 amide bonds. The minimum atomic E-state index is -4.05. The van der Waals surface area contributed by atoms with Crippen molar-refractivity contribution >= 4 is 11.3 Å². The lowest BCUT2D eigenvalue weighted by atomic mass is 9.77. The van der Waals surface area contributed by atoms with Crippen LogP contribution in [0.15, 0.2) is 17.5 Å². The molecule has 2 N–H and O–H groups in total. The molecule has 0 aromatic carbocycles. The number of halogens is 3. The third-order valence-corrected chi connectivity index (χ3v) is 4.70. The van der Waals surface area contributed by atoms with Gasteiger partial charge < -0.3 is 5.73 Å². The average Bonchev–Trinajstić information content (AvgIpc) is 2.81. The number of rotatable bonds is 3. The van der Waals surface area contributed by atoms with E-state index in [0.717, 1.165) is 11.3 Å². The molecule has 1 aromatic rings. The number of thiophene rings is 1. The SMILES string of the molecule is NC(Cc1cccs1)C1CCCC(C(F)(F)F)C1. The maximum Gasteiger partial charge on any atom is 0.391 e. The summed E-state index contributed by atoms with van der Waals surface area (Å²) < 4.78 is 38.1. The first-order valence-corrected chi connectivity index (χ1v) is 7.19. The Labute approximate surface area is 109 Å². The Morgan fingerprint density at radius 2 is 2.17 bits per heavy atom. The van der Waals surface area contributed by atoms with Crippen LogP contribution in [0.3, 0.4) is 0 Å². The first-order chi connectivity index (χ1) is 8.47. The van der Waals surface area contributed by atoms with E-state index in [1.165, 1.54) is 0 Å². The largest absolute Gasteiger partial charge is 0.391 e. The van der Waals surface area contributed by atoms with Crippen LogP contribution in [0.2, 0.25) is 0 Å². The fraction of sp³-hybridized carbons (Fsp3) is 0.692. The van der Waals surface area contributed by atoms with Gasteiger partial charge in [-0.15, -0.1) is 11.3 Å². The van der Waals surface area contributed by atoms with E-state index < -0.39 is 12.1 Å². The highest BCUT2D eigenvalue weighted by atomic mass is 32.1. The van der Waals surface area contributed by atoms with Gasteiger partial charge in [-0.3, -0.25) is 0 Å². The lowest BCUT2D eigenvalue weighted by Gasteiger charge is -2.33. The normalized spacial score (nSPS) is 27.1. The highest BCUT2D eigenvalue weighted by molar-refractivity contribution is 7.09. The van der Waals surface area contributed by atoms with Gasteiger partial charge >= 0.3 is 6.18 Å². The number of nitrogens with two attached hydrogens (primary N) is 1. The summed E-state index contributed by atoms with van der Waals surface area (Å²) in [6.07, 6.45) is -1.40. The Balaban J connectivity index is 1.92. The summed E-state index contributed by atoms with van der Waals surface area (Å²) in [6, 6.07) is 3.80. The predicted molar refractivity (Wildman–Crippen MR) is 67.5 cm³/mol. The Morgan fingerprint density at radius 3 is 2.78 bits per heavy atom. The molecule has 1 aromatic heterocycles. The lowest BCUT2D eigenvalue weighted by Crippen LogP contribution is -2.38. The molecule has 1 fully saturated rings. The van der Waals surface area contributed by atoms with E-state index in [0.29, 0.717) is 12.8 Å². The Kier molecular flexibility index (Phi) is 4.33. The highest BCUT2D eigenvalue weighted by Crippen LogP contribution is 2.41. The number of hydrogen-bond donors (Lipinski definition) is 1. The molecule has 102 valence electrons. The van der Waals surface area contributed by atoms with Crippen LogP contribution in [-0.2, 0) is 6.42 Å². The van der Waals surface area contributed by atoms with Crippen molar-refractivity contribution in [2.24, 2.45) is 17.6 Å². The first kappa shape index (κ1) is 13.9. The third kappa shape index (κ3) is 3.48. The fourth-order valence-corrected chi connectivity index (χ4v) is 3.52. The molecule has 1 nitrogen and oxygen atoms in total. The van der Waals surface area contributed by atoms with Crippen molar-refractivity contribution < 1.29 is 13.2 Å². The van der Waals surface area contributed by atoms with Crippen molar-refractivity contribution in [3.63, 3.8) is 0 Å². The summed E-state index contributed by atoms with van der Waals surface area (Å²) in [4.78, 5) is 1.16. The summed E-state index contributed by atoms with van der Waals surface area (Å²) in [7, 11) is 0. The minimum absolute atomic E-state index is 0.00692. The van der Waals surface area contributed by atoms with Crippen LogP contribution in [0.25, 0.3) is 0 Å². The molecule has 3 unspecified atom stereocenters. The maximum atomic E-state index is 12.7. The van der Waals surface area contributed by atoms with Crippen molar-refractivity contribution in [2.45, 2.75) is 44.3 Å². The van der Waals surface area contributed by atoms with Crippen LogP contribution in [0.1, 0.15) is 30.6 Å². The van der Waals surface area contributed by atoms with Crippen LogP contribution in [0, 0.1) is 11.8 Å². The van der Waals surface area contributed by atoms with Gasteiger partial charge in [0.2, 0.25) is 0 Å². The average molecular weight is 277 g/mol. The van der Waals surface area contributed by atoms with Crippen LogP contribution in [0.4, 0.5) is 13.2 Å². The van der Waals surface area contributed by atoms with Gasteiger partial charge in [0.1, 0.15) is 0 Å². The molecular weight excluding hydrogens is 259 g/mol. The molecule has 2 rings (SSSR count). The van der Waals surface area contributed by atoms with Crippen LogP contribution in [0.5, 0.6) is 0 Å². The van der Waals surface area contributed by atoms with Gasteiger partial charge in [-0.2, -0.15) is 13.2 Å². The monoisotopic (exact) mass is 277 g/mol. The van der Waals surface area contributed by atoms with Crippen molar-refractivity contribution in [3.8, 4) is 0 Å². The zero-order valence-electron chi connectivity index (χ0n) is 10.1. The third-order valence-electron chi connectivity index (χ3n) is 3.80. The summed E-state index contributed by atoms with van der Waals surface area (Å²) in [5.74, 6) is -1.14. The second kappa shape index (κ2) is 5.61. The van der Waals surface area contributed by atoms with E-state index in [4.69, 9.17) is 5.73 Å². The quantitative estimate of drug-likeness (QED) is 0.888. The topological polar surface area (TPSA) is 26.0 Å². The van der Waals surface area contributed by atoms with Crippen molar-refractivity contribution in [1.82, 2.24) is 0 Å². The molecule has 0 radical (unpaired) electrons. The van der Waals surface area contributed by atoms with Gasteiger partial charge in [0, 0.05) is 10.9 Å². The molecule has 5 heteroatoms. The molecule has 1 aliphatic carbocycles. The van der Waals surface area contributed by atoms with Crippen LogP contribution < -0.4 is 5.73 Å². The van der Waals surface area contributed by atoms with Crippen LogP contribution >= 0.6 is 11.3 Å². The van der Waals surface area contributed by atoms with Crippen molar-refractivity contribution in [2.75, 3.05) is 0 Å². The maximum absolute atomic E-state index is 12.7. The predicted octanol–water partition coefficient (Wildman–Crippen LogP) is 3.99. The van der Waals surface area contributed by atoms with Crippen molar-refractivity contribution in [3.05, 3.63) is 22.4 Å². The van der Waals surface area contributed by atoms with Gasteiger partial charge in [-0.25, -0.2) is 0 Å². The standard InChI is InChI=1S/C13H18F3NS/c14-13(15,16)10-4-1-3-9(7-10)12(17)8-11-5-2-6-18-11/h2,5-6,9-10,12H,1,3-4,7-8,17H2. The van der Waals surface area contributed by atoms with E-state index in [1.54, 1.807) is 11.3 Å². The molecule has 3 atom stereocenters. The molecule has 0 spiro atoms. The van der Waals surface area contributed by atoms with E-state index in [2.05, 4.69) is 0 Å². The Morgan fingerprint density at radius 1 is 1.39 bits per heavy atom. The van der Waals surface area contributed by atoms with Gasteiger partial charge in [0.05, 0.1) is 5.92 Å². The lowest BCUT2D eigenvalue weighted by molar-refractivity contribution is -0.186.